The van der Waals surface area contributed by atoms with Crippen molar-refractivity contribution in [3.05, 3.63) is 107 Å². The van der Waals surface area contributed by atoms with E-state index in [9.17, 15) is 9.59 Å². The lowest BCUT2D eigenvalue weighted by atomic mass is 10.1. The molecule has 1 aromatic heterocycles. The van der Waals surface area contributed by atoms with E-state index in [1.54, 1.807) is 29.1 Å². The molecule has 0 saturated heterocycles. The van der Waals surface area contributed by atoms with Gasteiger partial charge in [-0.1, -0.05) is 66.7 Å². The molecule has 4 aromatic rings. The molecule has 172 valence electrons. The molecule has 0 bridgehead atoms. The molecule has 1 heterocycles. The summed E-state index contributed by atoms with van der Waals surface area (Å²) in [5.74, 6) is -0.345. The number of hydrogen-bond donors (Lipinski definition) is 1. The summed E-state index contributed by atoms with van der Waals surface area (Å²) in [6, 6.07) is 24.7. The number of rotatable bonds is 8. The van der Waals surface area contributed by atoms with Gasteiger partial charge in [0.25, 0.3) is 5.91 Å². The number of methoxy groups -OCH3 is 2. The summed E-state index contributed by atoms with van der Waals surface area (Å²) in [4.78, 5) is 25.3. The molecular weight excluding hydrogens is 430 g/mol. The van der Waals surface area contributed by atoms with Gasteiger partial charge in [0.15, 0.2) is 0 Å². The minimum absolute atomic E-state index is 0.227. The molecule has 0 fully saturated rings. The fraction of sp³-hybridized carbons (Fsp3) is 0.148. The van der Waals surface area contributed by atoms with Gasteiger partial charge in [-0.3, -0.25) is 9.48 Å². The van der Waals surface area contributed by atoms with Crippen LogP contribution in [0.25, 0.3) is 11.3 Å². The van der Waals surface area contributed by atoms with Crippen molar-refractivity contribution >= 4 is 11.9 Å². The predicted octanol–water partition coefficient (Wildman–Crippen LogP) is 4.32. The fourth-order valence-electron chi connectivity index (χ4n) is 3.66. The van der Waals surface area contributed by atoms with Gasteiger partial charge in [0.1, 0.15) is 17.0 Å². The van der Waals surface area contributed by atoms with Crippen LogP contribution in [0, 0.1) is 0 Å². The van der Waals surface area contributed by atoms with Crippen LogP contribution in [-0.4, -0.2) is 35.9 Å². The molecule has 0 radical (unpaired) electrons. The number of esters is 1. The van der Waals surface area contributed by atoms with Gasteiger partial charge in [0.05, 0.1) is 26.3 Å². The Morgan fingerprint density at radius 1 is 0.882 bits per heavy atom. The zero-order chi connectivity index (χ0) is 23.9. The first-order valence-electron chi connectivity index (χ1n) is 10.8. The smallest absolute Gasteiger partial charge is 0.341 e. The number of carbonyl (C=O) groups excluding carboxylic acids is 2. The maximum Gasteiger partial charge on any atom is 0.341 e. The van der Waals surface area contributed by atoms with Crippen molar-refractivity contribution in [2.45, 2.75) is 13.1 Å². The molecule has 0 atom stereocenters. The van der Waals surface area contributed by atoms with E-state index in [-0.39, 0.29) is 12.5 Å². The first-order chi connectivity index (χ1) is 16.6. The van der Waals surface area contributed by atoms with E-state index < -0.39 is 5.97 Å². The Morgan fingerprint density at radius 2 is 1.59 bits per heavy atom. The van der Waals surface area contributed by atoms with Gasteiger partial charge < -0.3 is 14.8 Å². The van der Waals surface area contributed by atoms with Crippen LogP contribution in [0.5, 0.6) is 5.75 Å². The molecule has 0 aliphatic carbocycles. The lowest BCUT2D eigenvalue weighted by molar-refractivity contribution is 0.0597. The van der Waals surface area contributed by atoms with Crippen molar-refractivity contribution in [3.8, 4) is 17.0 Å². The van der Waals surface area contributed by atoms with Crippen LogP contribution in [0.1, 0.15) is 31.8 Å². The number of aromatic nitrogens is 2. The molecule has 0 saturated carbocycles. The van der Waals surface area contributed by atoms with Crippen LogP contribution in [0.4, 0.5) is 0 Å². The summed E-state index contributed by atoms with van der Waals surface area (Å²) in [5, 5.41) is 7.64. The van der Waals surface area contributed by atoms with Gasteiger partial charge in [0, 0.05) is 18.3 Å². The summed E-state index contributed by atoms with van der Waals surface area (Å²) in [7, 11) is 2.80. The fourth-order valence-corrected chi connectivity index (χ4v) is 3.66. The van der Waals surface area contributed by atoms with Crippen molar-refractivity contribution in [2.75, 3.05) is 14.2 Å². The third-order valence-corrected chi connectivity index (χ3v) is 5.36. The first kappa shape index (κ1) is 22.8. The Morgan fingerprint density at radius 3 is 2.26 bits per heavy atom. The highest BCUT2D eigenvalue weighted by Gasteiger charge is 2.19. The molecular formula is C27H25N3O4. The average Bonchev–Trinajstić information content (AvgIpc) is 3.31. The molecule has 1 amide bonds. The standard InChI is InChI=1S/C27H25N3O4/c1-33-24-14-13-20(15-22(24)27(32)34-2)16-28-26(31)23-18-30(17-19-9-5-3-6-10-19)29-25(23)21-11-7-4-8-12-21/h3-15,18H,16-17H2,1-2H3,(H,28,31). The Bertz CT molecular complexity index is 1280. The number of benzene rings is 3. The van der Waals surface area contributed by atoms with Gasteiger partial charge in [-0.2, -0.15) is 5.10 Å². The number of amides is 1. The molecule has 3 aromatic carbocycles. The maximum atomic E-state index is 13.2. The monoisotopic (exact) mass is 455 g/mol. The molecule has 4 rings (SSSR count). The van der Waals surface area contributed by atoms with E-state index >= 15 is 0 Å². The molecule has 0 spiro atoms. The van der Waals surface area contributed by atoms with Crippen LogP contribution >= 0.6 is 0 Å². The van der Waals surface area contributed by atoms with Crippen molar-refractivity contribution in [1.29, 1.82) is 0 Å². The molecule has 1 N–H and O–H groups in total. The largest absolute Gasteiger partial charge is 0.496 e. The van der Waals surface area contributed by atoms with Gasteiger partial charge in [-0.25, -0.2) is 4.79 Å². The van der Waals surface area contributed by atoms with E-state index in [4.69, 9.17) is 14.6 Å². The van der Waals surface area contributed by atoms with Gasteiger partial charge >= 0.3 is 5.97 Å². The molecule has 34 heavy (non-hydrogen) atoms. The summed E-state index contributed by atoms with van der Waals surface area (Å²) in [6.45, 7) is 0.778. The van der Waals surface area contributed by atoms with Crippen molar-refractivity contribution < 1.29 is 19.1 Å². The normalized spacial score (nSPS) is 10.5. The Balaban J connectivity index is 1.58. The second kappa shape index (κ2) is 10.5. The van der Waals surface area contributed by atoms with E-state index in [1.807, 2.05) is 60.7 Å². The minimum Gasteiger partial charge on any atom is -0.496 e. The summed E-state index contributed by atoms with van der Waals surface area (Å²) >= 11 is 0. The number of nitrogens with one attached hydrogen (secondary N) is 1. The van der Waals surface area contributed by atoms with Crippen LogP contribution < -0.4 is 10.1 Å². The van der Waals surface area contributed by atoms with E-state index in [0.717, 1.165) is 16.7 Å². The predicted molar refractivity (Wildman–Crippen MR) is 129 cm³/mol. The first-order valence-corrected chi connectivity index (χ1v) is 10.8. The number of carbonyl (C=O) groups is 2. The minimum atomic E-state index is -0.501. The van der Waals surface area contributed by atoms with Crippen molar-refractivity contribution in [2.24, 2.45) is 0 Å². The van der Waals surface area contributed by atoms with E-state index in [2.05, 4.69) is 5.32 Å². The summed E-state index contributed by atoms with van der Waals surface area (Å²) in [6.07, 6.45) is 1.76. The summed E-state index contributed by atoms with van der Waals surface area (Å²) < 4.78 is 11.8. The van der Waals surface area contributed by atoms with Gasteiger partial charge in [0.2, 0.25) is 0 Å². The van der Waals surface area contributed by atoms with Crippen LogP contribution in [0.15, 0.2) is 85.1 Å². The quantitative estimate of drug-likeness (QED) is 0.400. The second-order valence-electron chi connectivity index (χ2n) is 7.65. The SMILES string of the molecule is COC(=O)c1cc(CNC(=O)c2cn(Cc3ccccc3)nc2-c2ccccc2)ccc1OC. The summed E-state index contributed by atoms with van der Waals surface area (Å²) in [5.41, 5.74) is 4.08. The molecule has 7 nitrogen and oxygen atoms in total. The molecule has 7 heteroatoms. The average molecular weight is 456 g/mol. The zero-order valence-corrected chi connectivity index (χ0v) is 19.0. The third kappa shape index (κ3) is 5.15. The van der Waals surface area contributed by atoms with Crippen LogP contribution in [0.3, 0.4) is 0 Å². The van der Waals surface area contributed by atoms with Crippen molar-refractivity contribution in [1.82, 2.24) is 15.1 Å². The maximum absolute atomic E-state index is 13.2. The highest BCUT2D eigenvalue weighted by Crippen LogP contribution is 2.24. The number of nitrogens with zero attached hydrogens (tertiary/aromatic N) is 2. The van der Waals surface area contributed by atoms with Crippen molar-refractivity contribution in [3.63, 3.8) is 0 Å². The van der Waals surface area contributed by atoms with Crippen LogP contribution in [0.2, 0.25) is 0 Å². The van der Waals surface area contributed by atoms with E-state index in [0.29, 0.717) is 29.1 Å². The molecule has 0 aliphatic heterocycles. The van der Waals surface area contributed by atoms with Crippen LogP contribution in [-0.2, 0) is 17.8 Å². The molecule has 0 unspecified atom stereocenters. The lowest BCUT2D eigenvalue weighted by Crippen LogP contribution is -2.23. The Kier molecular flexibility index (Phi) is 7.03. The topological polar surface area (TPSA) is 82.5 Å². The Hall–Kier alpha value is -4.39. The number of ether oxygens (including phenoxy) is 2. The van der Waals surface area contributed by atoms with E-state index in [1.165, 1.54) is 14.2 Å². The van der Waals surface area contributed by atoms with Gasteiger partial charge in [-0.15, -0.1) is 0 Å². The second-order valence-corrected chi connectivity index (χ2v) is 7.65. The van der Waals surface area contributed by atoms with Gasteiger partial charge in [-0.05, 0) is 23.3 Å². The molecule has 0 aliphatic rings. The zero-order valence-electron chi connectivity index (χ0n) is 19.0. The Labute approximate surface area is 197 Å². The highest BCUT2D eigenvalue weighted by atomic mass is 16.5. The highest BCUT2D eigenvalue weighted by molar-refractivity contribution is 5.99. The third-order valence-electron chi connectivity index (χ3n) is 5.36. The number of hydrogen-bond acceptors (Lipinski definition) is 5. The lowest BCUT2D eigenvalue weighted by Gasteiger charge is -2.10.